The number of unbranched alkanes of at least 4 members (excludes halogenated alkanes) is 1. The third-order valence-corrected chi connectivity index (χ3v) is 2.79. The summed E-state index contributed by atoms with van der Waals surface area (Å²) in [6, 6.07) is 5.51. The van der Waals surface area contributed by atoms with E-state index in [1.54, 1.807) is 6.07 Å². The molecule has 1 aromatic carbocycles. The first-order chi connectivity index (χ1) is 8.50. The van der Waals surface area contributed by atoms with Crippen molar-refractivity contribution in [2.75, 3.05) is 38.2 Å². The van der Waals surface area contributed by atoms with Crippen LogP contribution in [0, 0.1) is 0 Å². The predicted octanol–water partition coefficient (Wildman–Crippen LogP) is 2.23. The van der Waals surface area contributed by atoms with Gasteiger partial charge >= 0.3 is 0 Å². The van der Waals surface area contributed by atoms with Crippen molar-refractivity contribution >= 4 is 17.2 Å². The number of Topliss-reactive ketones (excluding diaryl/α,β-unsaturated/α-hetero) is 1. The molecule has 0 unspecified atom stereocenters. The smallest absolute Gasteiger partial charge is 0.161 e. The molecule has 0 radical (unpaired) electrons. The molecule has 0 spiro atoms. The molecule has 1 rings (SSSR count). The van der Waals surface area contributed by atoms with Gasteiger partial charge in [0.1, 0.15) is 0 Å². The van der Waals surface area contributed by atoms with E-state index in [1.165, 1.54) is 6.92 Å². The van der Waals surface area contributed by atoms with Gasteiger partial charge in [-0.15, -0.1) is 0 Å². The summed E-state index contributed by atoms with van der Waals surface area (Å²) in [6.07, 6.45) is 2.27. The number of benzene rings is 1. The zero-order valence-electron chi connectivity index (χ0n) is 11.5. The van der Waals surface area contributed by atoms with Gasteiger partial charge in [0.2, 0.25) is 0 Å². The van der Waals surface area contributed by atoms with Gasteiger partial charge in [0, 0.05) is 23.5 Å². The number of ketones is 1. The van der Waals surface area contributed by atoms with E-state index in [-0.39, 0.29) is 5.78 Å². The number of nitrogen functional groups attached to an aromatic ring is 1. The van der Waals surface area contributed by atoms with E-state index < -0.39 is 0 Å². The first-order valence-electron chi connectivity index (χ1n) is 6.30. The highest BCUT2D eigenvalue weighted by Crippen LogP contribution is 2.18. The Morgan fingerprint density at radius 3 is 2.67 bits per heavy atom. The van der Waals surface area contributed by atoms with E-state index in [4.69, 9.17) is 5.73 Å². The maximum Gasteiger partial charge on any atom is 0.161 e. The summed E-state index contributed by atoms with van der Waals surface area (Å²) < 4.78 is 0. The monoisotopic (exact) mass is 249 g/mol. The highest BCUT2D eigenvalue weighted by Gasteiger charge is 2.05. The summed E-state index contributed by atoms with van der Waals surface area (Å²) in [5.74, 6) is 0.00348. The van der Waals surface area contributed by atoms with Gasteiger partial charge in [-0.2, -0.15) is 0 Å². The summed E-state index contributed by atoms with van der Waals surface area (Å²) in [6.45, 7) is 3.55. The molecular formula is C14H23N3O. The van der Waals surface area contributed by atoms with Crippen molar-refractivity contribution < 1.29 is 4.79 Å². The Kier molecular flexibility index (Phi) is 5.65. The topological polar surface area (TPSA) is 58.4 Å². The molecule has 4 nitrogen and oxygen atoms in total. The molecule has 1 aromatic rings. The minimum atomic E-state index is 0.00348. The van der Waals surface area contributed by atoms with Gasteiger partial charge < -0.3 is 16.0 Å². The molecule has 0 heterocycles. The van der Waals surface area contributed by atoms with E-state index in [0.717, 1.165) is 31.6 Å². The van der Waals surface area contributed by atoms with Crippen LogP contribution in [-0.2, 0) is 0 Å². The number of anilines is 2. The molecule has 0 atom stereocenters. The molecule has 18 heavy (non-hydrogen) atoms. The third-order valence-electron chi connectivity index (χ3n) is 2.79. The van der Waals surface area contributed by atoms with Crippen LogP contribution in [0.1, 0.15) is 30.1 Å². The molecule has 100 valence electrons. The molecule has 0 aliphatic rings. The number of hydrogen-bond acceptors (Lipinski definition) is 4. The first kappa shape index (κ1) is 14.5. The molecule has 0 fully saturated rings. The van der Waals surface area contributed by atoms with Crippen LogP contribution >= 0.6 is 0 Å². The van der Waals surface area contributed by atoms with Gasteiger partial charge in [0.15, 0.2) is 5.78 Å². The van der Waals surface area contributed by atoms with Gasteiger partial charge in [0.25, 0.3) is 0 Å². The molecule has 0 saturated carbocycles. The molecule has 0 aliphatic carbocycles. The summed E-state index contributed by atoms with van der Waals surface area (Å²) >= 11 is 0. The molecule has 0 aromatic heterocycles. The second kappa shape index (κ2) is 7.01. The summed E-state index contributed by atoms with van der Waals surface area (Å²) in [5, 5.41) is 3.31. The SMILES string of the molecule is CC(=O)c1cc(NCCCCN(C)C)ccc1N. The van der Waals surface area contributed by atoms with E-state index >= 15 is 0 Å². The average molecular weight is 249 g/mol. The van der Waals surface area contributed by atoms with Crippen molar-refractivity contribution in [3.8, 4) is 0 Å². The zero-order valence-corrected chi connectivity index (χ0v) is 11.5. The zero-order chi connectivity index (χ0) is 13.5. The minimum absolute atomic E-state index is 0.00348. The molecule has 3 N–H and O–H groups in total. The highest BCUT2D eigenvalue weighted by atomic mass is 16.1. The van der Waals surface area contributed by atoms with Crippen LogP contribution in [0.25, 0.3) is 0 Å². The Morgan fingerprint density at radius 2 is 2.06 bits per heavy atom. The molecule has 0 amide bonds. The second-order valence-corrected chi connectivity index (χ2v) is 4.80. The quantitative estimate of drug-likeness (QED) is 0.442. The standard InChI is InChI=1S/C14H23N3O/c1-11(18)13-10-12(6-7-14(13)15)16-8-4-5-9-17(2)3/h6-7,10,16H,4-5,8-9,15H2,1-3H3. The molecule has 0 bridgehead atoms. The number of nitrogens with one attached hydrogen (secondary N) is 1. The largest absolute Gasteiger partial charge is 0.398 e. The lowest BCUT2D eigenvalue weighted by atomic mass is 10.1. The van der Waals surface area contributed by atoms with Gasteiger partial charge in [-0.25, -0.2) is 0 Å². The molecule has 0 saturated heterocycles. The van der Waals surface area contributed by atoms with E-state index in [9.17, 15) is 4.79 Å². The van der Waals surface area contributed by atoms with Crippen LogP contribution in [0.2, 0.25) is 0 Å². The minimum Gasteiger partial charge on any atom is -0.398 e. The number of hydrogen-bond donors (Lipinski definition) is 2. The Hall–Kier alpha value is -1.55. The van der Waals surface area contributed by atoms with Gasteiger partial charge in [-0.1, -0.05) is 0 Å². The normalized spacial score (nSPS) is 10.7. The predicted molar refractivity (Wildman–Crippen MR) is 77.1 cm³/mol. The van der Waals surface area contributed by atoms with Crippen molar-refractivity contribution in [3.05, 3.63) is 23.8 Å². The fourth-order valence-corrected chi connectivity index (χ4v) is 1.76. The summed E-state index contributed by atoms with van der Waals surface area (Å²) in [5.41, 5.74) is 7.84. The second-order valence-electron chi connectivity index (χ2n) is 4.80. The molecule has 0 aliphatic heterocycles. The van der Waals surface area contributed by atoms with Crippen LogP contribution in [0.3, 0.4) is 0 Å². The van der Waals surface area contributed by atoms with Crippen molar-refractivity contribution in [1.82, 2.24) is 4.90 Å². The number of nitrogens with zero attached hydrogens (tertiary/aromatic N) is 1. The Balaban J connectivity index is 2.43. The molecular weight excluding hydrogens is 226 g/mol. The van der Waals surface area contributed by atoms with E-state index in [2.05, 4.69) is 24.3 Å². The fourth-order valence-electron chi connectivity index (χ4n) is 1.76. The average Bonchev–Trinajstić information content (AvgIpc) is 2.30. The van der Waals surface area contributed by atoms with Crippen LogP contribution in [0.15, 0.2) is 18.2 Å². The van der Waals surface area contributed by atoms with Crippen molar-refractivity contribution in [2.45, 2.75) is 19.8 Å². The van der Waals surface area contributed by atoms with Crippen molar-refractivity contribution in [2.24, 2.45) is 0 Å². The number of carbonyl (C=O) groups excluding carboxylic acids is 1. The van der Waals surface area contributed by atoms with E-state index in [0.29, 0.717) is 11.3 Å². The van der Waals surface area contributed by atoms with Crippen LogP contribution in [0.5, 0.6) is 0 Å². The third kappa shape index (κ3) is 4.75. The highest BCUT2D eigenvalue weighted by molar-refractivity contribution is 5.99. The number of nitrogens with two attached hydrogens (primary N) is 1. The maximum atomic E-state index is 11.4. The maximum absolute atomic E-state index is 11.4. The van der Waals surface area contributed by atoms with Gasteiger partial charge in [0.05, 0.1) is 0 Å². The summed E-state index contributed by atoms with van der Waals surface area (Å²) in [4.78, 5) is 13.5. The Morgan fingerprint density at radius 1 is 1.33 bits per heavy atom. The van der Waals surface area contributed by atoms with Crippen LogP contribution in [0.4, 0.5) is 11.4 Å². The number of carbonyl (C=O) groups is 1. The lowest BCUT2D eigenvalue weighted by Gasteiger charge is -2.11. The van der Waals surface area contributed by atoms with Gasteiger partial charge in [-0.05, 0) is 58.6 Å². The van der Waals surface area contributed by atoms with Crippen molar-refractivity contribution in [1.29, 1.82) is 0 Å². The molecule has 4 heteroatoms. The van der Waals surface area contributed by atoms with Crippen LogP contribution in [-0.4, -0.2) is 37.9 Å². The Bertz CT molecular complexity index is 402. The van der Waals surface area contributed by atoms with E-state index in [1.807, 2.05) is 12.1 Å². The Labute approximate surface area is 109 Å². The number of rotatable bonds is 7. The fraction of sp³-hybridized carbons (Fsp3) is 0.500. The summed E-state index contributed by atoms with van der Waals surface area (Å²) in [7, 11) is 4.15. The first-order valence-corrected chi connectivity index (χ1v) is 6.30. The van der Waals surface area contributed by atoms with Gasteiger partial charge in [-0.3, -0.25) is 4.79 Å². The van der Waals surface area contributed by atoms with Crippen LogP contribution < -0.4 is 11.1 Å². The van der Waals surface area contributed by atoms with Crippen molar-refractivity contribution in [3.63, 3.8) is 0 Å². The lowest BCUT2D eigenvalue weighted by Crippen LogP contribution is -2.14. The lowest BCUT2D eigenvalue weighted by molar-refractivity contribution is 0.101.